The lowest BCUT2D eigenvalue weighted by molar-refractivity contribution is -0.154. The van der Waals surface area contributed by atoms with Gasteiger partial charge in [0.2, 0.25) is 9.05 Å². The predicted molar refractivity (Wildman–Crippen MR) is 50.1 cm³/mol. The Bertz CT molecular complexity index is 275. The van der Waals surface area contributed by atoms with Crippen LogP contribution in [0.15, 0.2) is 0 Å². The number of carbonyl (C=O) groups is 1. The lowest BCUT2D eigenvalue weighted by Crippen LogP contribution is -2.24. The van der Waals surface area contributed by atoms with Gasteiger partial charge in [0.05, 0.1) is 12.2 Å². The summed E-state index contributed by atoms with van der Waals surface area (Å²) in [7, 11) is 1.31. The Morgan fingerprint density at radius 1 is 1.38 bits per heavy atom. The third kappa shape index (κ3) is 9.63. The van der Waals surface area contributed by atoms with Crippen LogP contribution in [-0.4, -0.2) is 25.7 Å². The third-order valence-electron chi connectivity index (χ3n) is 0.970. The van der Waals surface area contributed by atoms with Crippen LogP contribution >= 0.6 is 10.7 Å². The van der Waals surface area contributed by atoms with E-state index in [1.165, 1.54) is 0 Å². The summed E-state index contributed by atoms with van der Waals surface area (Å²) < 4.78 is 25.8. The van der Waals surface area contributed by atoms with E-state index in [1.54, 1.807) is 20.8 Å². The molecule has 0 aromatic heterocycles. The van der Waals surface area contributed by atoms with E-state index >= 15 is 0 Å². The van der Waals surface area contributed by atoms with Crippen LogP contribution in [0.5, 0.6) is 0 Å². The van der Waals surface area contributed by atoms with Crippen molar-refractivity contribution in [2.45, 2.75) is 32.8 Å². The lowest BCUT2D eigenvalue weighted by Gasteiger charge is -2.19. The number of hydrogen-bond donors (Lipinski definition) is 0. The molecule has 0 saturated carbocycles. The van der Waals surface area contributed by atoms with Gasteiger partial charge in [0.15, 0.2) is 0 Å². The molecule has 0 aromatic rings. The van der Waals surface area contributed by atoms with Crippen LogP contribution in [0.1, 0.15) is 27.2 Å². The number of esters is 1. The molecule has 0 aliphatic heterocycles. The summed E-state index contributed by atoms with van der Waals surface area (Å²) in [5, 5.41) is 0. The molecule has 0 fully saturated rings. The van der Waals surface area contributed by atoms with E-state index in [2.05, 4.69) is 0 Å². The second kappa shape index (κ2) is 4.28. The van der Waals surface area contributed by atoms with Crippen molar-refractivity contribution >= 4 is 25.7 Å². The van der Waals surface area contributed by atoms with E-state index in [4.69, 9.17) is 15.4 Å². The molecule has 0 amide bonds. The van der Waals surface area contributed by atoms with Crippen molar-refractivity contribution < 1.29 is 17.9 Å². The van der Waals surface area contributed by atoms with E-state index in [0.29, 0.717) is 0 Å². The molecule has 0 bridgehead atoms. The number of carbonyl (C=O) groups excluding carboxylic acids is 1. The maximum Gasteiger partial charge on any atom is 0.307 e. The van der Waals surface area contributed by atoms with Gasteiger partial charge >= 0.3 is 5.97 Å². The van der Waals surface area contributed by atoms with Crippen LogP contribution in [0.2, 0.25) is 0 Å². The molecule has 0 N–H and O–H groups in total. The molecule has 0 unspecified atom stereocenters. The van der Waals surface area contributed by atoms with Crippen LogP contribution in [0, 0.1) is 0 Å². The molecule has 0 rings (SSSR count). The first kappa shape index (κ1) is 12.7. The molecule has 0 aliphatic rings. The first-order valence-electron chi connectivity index (χ1n) is 3.74. The molecule has 0 aromatic carbocycles. The zero-order chi connectivity index (χ0) is 10.7. The summed E-state index contributed by atoms with van der Waals surface area (Å²) >= 11 is 0. The van der Waals surface area contributed by atoms with Crippen LogP contribution in [-0.2, 0) is 18.6 Å². The molecular formula is C7H13ClO4S. The molecule has 0 saturated heterocycles. The summed E-state index contributed by atoms with van der Waals surface area (Å²) in [5.41, 5.74) is -0.590. The molecule has 0 radical (unpaired) electrons. The Labute approximate surface area is 82.6 Å². The van der Waals surface area contributed by atoms with E-state index in [9.17, 15) is 13.2 Å². The number of hydrogen-bond acceptors (Lipinski definition) is 4. The van der Waals surface area contributed by atoms with Crippen molar-refractivity contribution in [3.8, 4) is 0 Å². The van der Waals surface area contributed by atoms with Crippen molar-refractivity contribution in [3.05, 3.63) is 0 Å². The summed E-state index contributed by atoms with van der Waals surface area (Å²) in [5.74, 6) is -0.944. The van der Waals surface area contributed by atoms with Gasteiger partial charge in [-0.05, 0) is 20.8 Å². The minimum absolute atomic E-state index is 0.205. The van der Waals surface area contributed by atoms with Gasteiger partial charge in [0, 0.05) is 10.7 Å². The average Bonchev–Trinajstić information content (AvgIpc) is 1.78. The fourth-order valence-corrected chi connectivity index (χ4v) is 1.24. The molecule has 0 aliphatic carbocycles. The van der Waals surface area contributed by atoms with E-state index in [-0.39, 0.29) is 12.2 Å². The standard InChI is InChI=1S/C7H13ClO4S/c1-7(2,3)12-6(9)4-5-13(8,10)11/h4-5H2,1-3H3. The molecular weight excluding hydrogens is 216 g/mol. The highest BCUT2D eigenvalue weighted by Gasteiger charge is 2.17. The van der Waals surface area contributed by atoms with Crippen molar-refractivity contribution in [1.29, 1.82) is 0 Å². The van der Waals surface area contributed by atoms with Gasteiger partial charge < -0.3 is 4.74 Å². The molecule has 0 spiro atoms. The van der Waals surface area contributed by atoms with Crippen molar-refractivity contribution in [1.82, 2.24) is 0 Å². The Kier molecular flexibility index (Phi) is 4.19. The molecule has 0 atom stereocenters. The predicted octanol–water partition coefficient (Wildman–Crippen LogP) is 1.29. The second-order valence-corrected chi connectivity index (χ2v) is 6.48. The Morgan fingerprint density at radius 3 is 2.15 bits per heavy atom. The molecule has 6 heteroatoms. The van der Waals surface area contributed by atoms with Crippen LogP contribution in [0.3, 0.4) is 0 Å². The monoisotopic (exact) mass is 228 g/mol. The third-order valence-corrected chi connectivity index (χ3v) is 2.12. The summed E-state index contributed by atoms with van der Waals surface area (Å²) in [4.78, 5) is 11.0. The quantitative estimate of drug-likeness (QED) is 0.540. The van der Waals surface area contributed by atoms with Gasteiger partial charge in [-0.1, -0.05) is 0 Å². The van der Waals surface area contributed by atoms with Crippen molar-refractivity contribution in [2.75, 3.05) is 5.75 Å². The highest BCUT2D eigenvalue weighted by Crippen LogP contribution is 2.09. The van der Waals surface area contributed by atoms with Crippen molar-refractivity contribution in [3.63, 3.8) is 0 Å². The van der Waals surface area contributed by atoms with Crippen molar-refractivity contribution in [2.24, 2.45) is 0 Å². The number of rotatable bonds is 3. The lowest BCUT2D eigenvalue weighted by atomic mass is 10.2. The van der Waals surface area contributed by atoms with E-state index < -0.39 is 20.6 Å². The fraction of sp³-hybridized carbons (Fsp3) is 0.857. The zero-order valence-electron chi connectivity index (χ0n) is 7.83. The summed E-state index contributed by atoms with van der Waals surface area (Å²) in [6.45, 7) is 5.13. The molecule has 13 heavy (non-hydrogen) atoms. The summed E-state index contributed by atoms with van der Waals surface area (Å²) in [6, 6.07) is 0. The highest BCUT2D eigenvalue weighted by atomic mass is 35.7. The molecule has 78 valence electrons. The molecule has 4 nitrogen and oxygen atoms in total. The highest BCUT2D eigenvalue weighted by molar-refractivity contribution is 8.13. The zero-order valence-corrected chi connectivity index (χ0v) is 9.41. The number of ether oxygens (including phenoxy) is 1. The van der Waals surface area contributed by atoms with Gasteiger partial charge in [-0.3, -0.25) is 4.79 Å². The SMILES string of the molecule is CC(C)(C)OC(=O)CCS(=O)(=O)Cl. The van der Waals surface area contributed by atoms with Crippen LogP contribution in [0.4, 0.5) is 0 Å². The Morgan fingerprint density at radius 2 is 1.85 bits per heavy atom. The average molecular weight is 229 g/mol. The second-order valence-electron chi connectivity index (χ2n) is 3.58. The summed E-state index contributed by atoms with van der Waals surface area (Å²) in [6.07, 6.45) is -0.205. The van der Waals surface area contributed by atoms with Gasteiger partial charge in [-0.25, -0.2) is 8.42 Å². The minimum atomic E-state index is -3.60. The van der Waals surface area contributed by atoms with Gasteiger partial charge in [0.1, 0.15) is 5.60 Å². The minimum Gasteiger partial charge on any atom is -0.460 e. The maximum atomic E-state index is 11.0. The van der Waals surface area contributed by atoms with E-state index in [1.807, 2.05) is 0 Å². The molecule has 0 heterocycles. The van der Waals surface area contributed by atoms with Crippen LogP contribution in [0.25, 0.3) is 0 Å². The maximum absolute atomic E-state index is 11.0. The first-order valence-corrected chi connectivity index (χ1v) is 6.22. The Hall–Kier alpha value is -0.290. The van der Waals surface area contributed by atoms with Gasteiger partial charge in [-0.15, -0.1) is 0 Å². The largest absolute Gasteiger partial charge is 0.460 e. The normalized spacial score (nSPS) is 12.6. The van der Waals surface area contributed by atoms with E-state index in [0.717, 1.165) is 0 Å². The fourth-order valence-electron chi connectivity index (χ4n) is 0.598. The Balaban J connectivity index is 3.92. The van der Waals surface area contributed by atoms with Gasteiger partial charge in [-0.2, -0.15) is 0 Å². The van der Waals surface area contributed by atoms with Gasteiger partial charge in [0.25, 0.3) is 0 Å². The number of halogens is 1. The van der Waals surface area contributed by atoms with Crippen LogP contribution < -0.4 is 0 Å². The smallest absolute Gasteiger partial charge is 0.307 e. The first-order chi connectivity index (χ1) is 5.60. The topological polar surface area (TPSA) is 60.4 Å².